The molecule has 77 heavy (non-hydrogen) atoms. The van der Waals surface area contributed by atoms with Gasteiger partial charge in [0.15, 0.2) is 0 Å². The third-order valence-corrected chi connectivity index (χ3v) is 13.6. The van der Waals surface area contributed by atoms with Crippen molar-refractivity contribution in [1.29, 1.82) is 0 Å². The van der Waals surface area contributed by atoms with Gasteiger partial charge in [0.25, 0.3) is 0 Å². The van der Waals surface area contributed by atoms with Gasteiger partial charge in [-0.1, -0.05) is 86.6 Å². The minimum Gasteiger partial charge on any atom is -0.508 e. The number of primary amides is 1. The quantitative estimate of drug-likeness (QED) is 0.0227. The summed E-state index contributed by atoms with van der Waals surface area (Å²) in [7, 11) is 0. The van der Waals surface area contributed by atoms with Crippen molar-refractivity contribution in [2.24, 2.45) is 23.1 Å². The number of aliphatic hydroxyl groups is 1. The Labute approximate surface area is 457 Å². The summed E-state index contributed by atoms with van der Waals surface area (Å²) in [4.78, 5) is 113. The predicted octanol–water partition coefficient (Wildman–Crippen LogP) is 0.286. The zero-order valence-corrected chi connectivity index (χ0v) is 45.0. The Hall–Kier alpha value is -7.18. The number of para-hydroxylation sites is 1. The summed E-state index contributed by atoms with van der Waals surface area (Å²) in [5, 5.41) is 41.3. The molecule has 1 aromatic heterocycles. The number of hydrogen-bond donors (Lipinski definition) is 15. The van der Waals surface area contributed by atoms with Crippen molar-refractivity contribution >= 4 is 94.2 Å². The Morgan fingerprint density at radius 1 is 0.571 bits per heavy atom. The van der Waals surface area contributed by atoms with Gasteiger partial charge in [-0.2, -0.15) is 25.3 Å². The van der Waals surface area contributed by atoms with Crippen molar-refractivity contribution in [3.05, 3.63) is 114 Å². The number of amides is 8. The van der Waals surface area contributed by atoms with Gasteiger partial charge in [-0.3, -0.25) is 38.4 Å². The van der Waals surface area contributed by atoms with Crippen LogP contribution < -0.4 is 54.4 Å². The molecule has 0 radical (unpaired) electrons. The fourth-order valence-corrected chi connectivity index (χ4v) is 9.01. The third-order valence-electron chi connectivity index (χ3n) is 12.9. The molecule has 16 N–H and O–H groups in total. The van der Waals surface area contributed by atoms with Crippen molar-refractivity contribution in [1.82, 2.24) is 42.2 Å². The molecule has 0 saturated carbocycles. The lowest BCUT2D eigenvalue weighted by Crippen LogP contribution is -2.62. The lowest BCUT2D eigenvalue weighted by atomic mass is 10.00. The average Bonchev–Trinajstić information content (AvgIpc) is 3.82. The van der Waals surface area contributed by atoms with Gasteiger partial charge in [0.05, 0.1) is 12.1 Å². The number of carbonyl (C=O) groups excluding carboxylic acids is 8. The lowest BCUT2D eigenvalue weighted by Gasteiger charge is -2.29. The average molecular weight is 1100 g/mol. The molecule has 0 saturated heterocycles. The number of aromatic nitrogens is 1. The van der Waals surface area contributed by atoms with Crippen molar-refractivity contribution in [2.45, 2.75) is 114 Å². The van der Waals surface area contributed by atoms with Crippen LogP contribution in [-0.4, -0.2) is 135 Å². The van der Waals surface area contributed by atoms with Gasteiger partial charge < -0.3 is 69.6 Å². The molecule has 1 unspecified atom stereocenters. The van der Waals surface area contributed by atoms with E-state index in [1.807, 2.05) is 60.7 Å². The van der Waals surface area contributed by atoms with Crippen LogP contribution in [0.5, 0.6) is 5.75 Å². The Bertz CT molecular complexity index is 2850. The highest BCUT2D eigenvalue weighted by molar-refractivity contribution is 7.80. The summed E-state index contributed by atoms with van der Waals surface area (Å²) in [6.07, 6.45) is 1.12. The highest BCUT2D eigenvalue weighted by atomic mass is 32.1. The van der Waals surface area contributed by atoms with Gasteiger partial charge in [-0.15, -0.1) is 0 Å². The molecule has 0 aliphatic carbocycles. The largest absolute Gasteiger partial charge is 0.508 e. The third kappa shape index (κ3) is 17.7. The number of rotatable bonds is 29. The molecule has 0 bridgehead atoms. The first-order valence-electron chi connectivity index (χ1n) is 25.3. The molecule has 8 amide bonds. The fourth-order valence-electron chi connectivity index (χ4n) is 8.50. The van der Waals surface area contributed by atoms with E-state index in [0.29, 0.717) is 24.0 Å². The van der Waals surface area contributed by atoms with E-state index < -0.39 is 108 Å². The number of aliphatic hydroxyl groups excluding tert-OH is 1. The molecule has 1 heterocycles. The van der Waals surface area contributed by atoms with Crippen LogP contribution in [0.4, 0.5) is 0 Å². The molecule has 9 atom stereocenters. The SMILES string of the molecule is CC(C)[C@H](NC(=O)[C@H](CCCCN)NC(=O)[C@@H](Cc1c[nH]c2ccccc12)NC(=O)[C@H](Cc1ccc(O)cc1)NC(=O)[C@H](CS)NC(=O)[C@H](N)Cc1ccc2ccccc2c1)C(=O)N[C@@H](CS)C(=O)N[C@H](C(N)=O)C(C)O. The smallest absolute Gasteiger partial charge is 0.244 e. The van der Waals surface area contributed by atoms with Gasteiger partial charge in [0.1, 0.15) is 48.0 Å². The molecule has 4 aromatic carbocycles. The van der Waals surface area contributed by atoms with Crippen molar-refractivity contribution in [2.75, 3.05) is 18.1 Å². The van der Waals surface area contributed by atoms with Crippen LogP contribution in [0.25, 0.3) is 21.7 Å². The molecular weight excluding hydrogens is 1030 g/mol. The predicted molar refractivity (Wildman–Crippen MR) is 299 cm³/mol. The van der Waals surface area contributed by atoms with E-state index >= 15 is 0 Å². The van der Waals surface area contributed by atoms with E-state index in [1.54, 1.807) is 38.2 Å². The second-order valence-corrected chi connectivity index (χ2v) is 20.0. The standard InChI is InChI=1S/C54H71N11O10S2/c1-29(2)45(54(75)63-44(28-77)53(74)65-46(30(3)66)47(57)68)64-49(70)40(14-8-9-21-55)59-51(72)42(25-35-26-58-39-13-7-6-12-37(35)39)61-50(71)41(24-31-16-19-36(67)20-17-31)60-52(73)43(27-76)62-48(69)38(56)23-32-15-18-33-10-4-5-11-34(33)22-32/h4-7,10-13,15-20,22,26,29-30,38,40-46,58,66-67,76-77H,8-9,14,21,23-25,27-28,55-56H2,1-3H3,(H2,57,68)(H,59,72)(H,60,73)(H,61,71)(H,62,69)(H,63,75)(H,64,70)(H,65,74)/t30?,38-,40+,41+,42-,43+,44+,45+,46+/m1/s1. The van der Waals surface area contributed by atoms with Crippen molar-refractivity contribution in [3.8, 4) is 5.75 Å². The lowest BCUT2D eigenvalue weighted by molar-refractivity contribution is -0.136. The normalized spacial score (nSPS) is 14.9. The molecule has 414 valence electrons. The van der Waals surface area contributed by atoms with Gasteiger partial charge in [-0.25, -0.2) is 0 Å². The van der Waals surface area contributed by atoms with E-state index in [0.717, 1.165) is 27.2 Å². The molecule has 0 fully saturated rings. The number of H-pyrrole nitrogens is 1. The summed E-state index contributed by atoms with van der Waals surface area (Å²) >= 11 is 8.54. The number of hydrogen-bond acceptors (Lipinski definition) is 14. The van der Waals surface area contributed by atoms with E-state index in [-0.39, 0.29) is 49.5 Å². The van der Waals surface area contributed by atoms with Crippen LogP contribution in [-0.2, 0) is 57.6 Å². The molecular formula is C54H71N11O10S2. The fraction of sp³-hybridized carbons (Fsp3) is 0.407. The van der Waals surface area contributed by atoms with E-state index in [4.69, 9.17) is 17.2 Å². The molecule has 21 nitrogen and oxygen atoms in total. The first-order valence-corrected chi connectivity index (χ1v) is 26.6. The maximum Gasteiger partial charge on any atom is 0.244 e. The topological polar surface area (TPSA) is 355 Å². The first-order chi connectivity index (χ1) is 36.7. The van der Waals surface area contributed by atoms with Crippen LogP contribution in [0.3, 0.4) is 0 Å². The minimum atomic E-state index is -1.46. The maximum absolute atomic E-state index is 14.8. The van der Waals surface area contributed by atoms with Crippen LogP contribution in [0.15, 0.2) is 97.2 Å². The van der Waals surface area contributed by atoms with E-state index in [1.165, 1.54) is 19.1 Å². The van der Waals surface area contributed by atoms with Gasteiger partial charge >= 0.3 is 0 Å². The van der Waals surface area contributed by atoms with Crippen LogP contribution in [0.1, 0.15) is 56.7 Å². The minimum absolute atomic E-state index is 0.0459. The van der Waals surface area contributed by atoms with Crippen LogP contribution >= 0.6 is 25.3 Å². The molecule has 0 spiro atoms. The molecule has 0 aliphatic rings. The highest BCUT2D eigenvalue weighted by Gasteiger charge is 2.36. The number of aromatic hydroxyl groups is 1. The Balaban J connectivity index is 1.39. The van der Waals surface area contributed by atoms with E-state index in [9.17, 15) is 48.6 Å². The monoisotopic (exact) mass is 1100 g/mol. The van der Waals surface area contributed by atoms with Crippen LogP contribution in [0, 0.1) is 5.92 Å². The number of unbranched alkanes of at least 4 members (excludes halogenated alkanes) is 1. The highest BCUT2D eigenvalue weighted by Crippen LogP contribution is 2.21. The van der Waals surface area contributed by atoms with E-state index in [2.05, 4.69) is 67.5 Å². The van der Waals surface area contributed by atoms with Crippen molar-refractivity contribution < 1.29 is 48.6 Å². The molecule has 0 aliphatic heterocycles. The van der Waals surface area contributed by atoms with Gasteiger partial charge in [0, 0.05) is 41.4 Å². The maximum atomic E-state index is 14.8. The number of thiol groups is 2. The summed E-state index contributed by atoms with van der Waals surface area (Å²) < 4.78 is 0. The van der Waals surface area contributed by atoms with Crippen molar-refractivity contribution in [3.63, 3.8) is 0 Å². The Morgan fingerprint density at radius 3 is 1.70 bits per heavy atom. The van der Waals surface area contributed by atoms with Gasteiger partial charge in [0.2, 0.25) is 47.3 Å². The Morgan fingerprint density at radius 2 is 1.09 bits per heavy atom. The number of phenols is 1. The number of benzene rings is 4. The second-order valence-electron chi connectivity index (χ2n) is 19.2. The first kappa shape index (κ1) is 60.7. The number of nitrogens with two attached hydrogens (primary N) is 3. The number of aromatic amines is 1. The van der Waals surface area contributed by atoms with Crippen LogP contribution in [0.2, 0.25) is 0 Å². The molecule has 5 aromatic rings. The van der Waals surface area contributed by atoms with Gasteiger partial charge in [-0.05, 0) is 90.7 Å². The number of phenolic OH excluding ortho intramolecular Hbond substituents is 1. The number of nitrogens with one attached hydrogen (secondary N) is 8. The zero-order chi connectivity index (χ0) is 56.3. The number of carbonyl (C=O) groups is 8. The second kappa shape index (κ2) is 29.4. The summed E-state index contributed by atoms with van der Waals surface area (Å²) in [5.74, 6) is -7.51. The number of fused-ring (bicyclic) bond motifs is 2. The summed E-state index contributed by atoms with van der Waals surface area (Å²) in [6.45, 7) is 4.81. The molecule has 23 heteroatoms. The summed E-state index contributed by atoms with van der Waals surface area (Å²) in [5.41, 5.74) is 20.2. The molecule has 5 rings (SSSR count). The zero-order valence-electron chi connectivity index (χ0n) is 43.2. The summed E-state index contributed by atoms with van der Waals surface area (Å²) in [6, 6.07) is 16.2. The Kier molecular flexibility index (Phi) is 23.1.